The number of carbonyl (C=O) groups is 6. The van der Waals surface area contributed by atoms with Crippen LogP contribution in [0.3, 0.4) is 0 Å². The Labute approximate surface area is 187 Å². The predicted octanol–water partition coefficient (Wildman–Crippen LogP) is 1.59. The van der Waals surface area contributed by atoms with Crippen LogP contribution in [-0.2, 0) is 42.9 Å². The maximum Gasteiger partial charge on any atom is 0.371 e. The standard InChI is InChI=1S/C17H25NO11S2/c1-6-25-13(21)12(7-30-15(23)28-8-26-10(2)19)18-14(22)17(4,5)31-16(24)29-9-27-11(3)20/h12H,6-9H2,1-5H3,(H,18,22)/t12-/m0/s1. The second kappa shape index (κ2) is 14.5. The van der Waals surface area contributed by atoms with E-state index in [0.29, 0.717) is 23.5 Å². The van der Waals surface area contributed by atoms with Crippen LogP contribution >= 0.6 is 23.5 Å². The first-order valence-electron chi connectivity index (χ1n) is 8.78. The molecular weight excluding hydrogens is 458 g/mol. The van der Waals surface area contributed by atoms with Crippen LogP contribution < -0.4 is 5.32 Å². The predicted molar refractivity (Wildman–Crippen MR) is 109 cm³/mol. The molecule has 0 unspecified atom stereocenters. The van der Waals surface area contributed by atoms with Crippen molar-refractivity contribution < 1.29 is 52.5 Å². The number of amides is 1. The van der Waals surface area contributed by atoms with E-state index in [-0.39, 0.29) is 12.4 Å². The highest BCUT2D eigenvalue weighted by Crippen LogP contribution is 2.27. The number of carbonyl (C=O) groups excluding carboxylic acids is 6. The second-order valence-electron chi connectivity index (χ2n) is 6.00. The quantitative estimate of drug-likeness (QED) is 0.256. The van der Waals surface area contributed by atoms with Gasteiger partial charge in [-0.1, -0.05) is 0 Å². The third kappa shape index (κ3) is 13.4. The Morgan fingerprint density at radius 2 is 1.35 bits per heavy atom. The zero-order valence-corrected chi connectivity index (χ0v) is 19.3. The summed E-state index contributed by atoms with van der Waals surface area (Å²) in [6.45, 7) is 5.50. The number of rotatable bonds is 11. The molecule has 1 N–H and O–H groups in total. The summed E-state index contributed by atoms with van der Waals surface area (Å²) in [6, 6.07) is -1.23. The summed E-state index contributed by atoms with van der Waals surface area (Å²) in [7, 11) is 0. The van der Waals surface area contributed by atoms with Crippen LogP contribution in [0.5, 0.6) is 0 Å². The third-order valence-electron chi connectivity index (χ3n) is 3.01. The van der Waals surface area contributed by atoms with Gasteiger partial charge in [-0.05, 0) is 44.3 Å². The van der Waals surface area contributed by atoms with Gasteiger partial charge in [0.05, 0.1) is 11.4 Å². The minimum Gasteiger partial charge on any atom is -0.464 e. The van der Waals surface area contributed by atoms with E-state index in [1.807, 2.05) is 0 Å². The van der Waals surface area contributed by atoms with Gasteiger partial charge in [-0.25, -0.2) is 14.4 Å². The topological polar surface area (TPSA) is 161 Å². The molecular formula is C17H25NO11S2. The molecule has 0 spiro atoms. The van der Waals surface area contributed by atoms with Gasteiger partial charge >= 0.3 is 28.5 Å². The van der Waals surface area contributed by atoms with Gasteiger partial charge in [-0.15, -0.1) is 0 Å². The Kier molecular flexibility index (Phi) is 13.4. The zero-order chi connectivity index (χ0) is 24.0. The first kappa shape index (κ1) is 28.5. The van der Waals surface area contributed by atoms with Gasteiger partial charge in [0.15, 0.2) is 0 Å². The van der Waals surface area contributed by atoms with E-state index in [0.717, 1.165) is 13.8 Å². The van der Waals surface area contributed by atoms with Crippen molar-refractivity contribution in [1.82, 2.24) is 5.32 Å². The molecule has 1 atom stereocenters. The summed E-state index contributed by atoms with van der Waals surface area (Å²) in [5, 5.41) is 0.692. The van der Waals surface area contributed by atoms with Crippen molar-refractivity contribution in [2.75, 3.05) is 25.9 Å². The molecule has 14 heteroatoms. The summed E-state index contributed by atoms with van der Waals surface area (Å²) in [5.41, 5.74) is 0. The van der Waals surface area contributed by atoms with Crippen molar-refractivity contribution in [3.05, 3.63) is 0 Å². The molecule has 0 aromatic carbocycles. The fraction of sp³-hybridized carbons (Fsp3) is 0.647. The molecule has 31 heavy (non-hydrogen) atoms. The highest BCUT2D eigenvalue weighted by Gasteiger charge is 2.36. The summed E-state index contributed by atoms with van der Waals surface area (Å²) >= 11 is 1.06. The van der Waals surface area contributed by atoms with Crippen LogP contribution in [0.15, 0.2) is 0 Å². The van der Waals surface area contributed by atoms with E-state index in [1.54, 1.807) is 6.92 Å². The van der Waals surface area contributed by atoms with E-state index in [1.165, 1.54) is 13.8 Å². The van der Waals surface area contributed by atoms with Gasteiger partial charge in [0, 0.05) is 19.6 Å². The van der Waals surface area contributed by atoms with Crippen LogP contribution in [-0.4, -0.2) is 71.2 Å². The zero-order valence-electron chi connectivity index (χ0n) is 17.7. The van der Waals surface area contributed by atoms with Gasteiger partial charge in [0.2, 0.25) is 19.5 Å². The average molecular weight is 484 g/mol. The van der Waals surface area contributed by atoms with Crippen molar-refractivity contribution in [3.63, 3.8) is 0 Å². The molecule has 1 amide bonds. The molecule has 0 aliphatic rings. The number of nitrogens with one attached hydrogen (secondary N) is 1. The van der Waals surface area contributed by atoms with Crippen LogP contribution in [0.1, 0.15) is 34.6 Å². The minimum absolute atomic E-state index is 0.0351. The Morgan fingerprint density at radius 3 is 1.84 bits per heavy atom. The van der Waals surface area contributed by atoms with Crippen molar-refractivity contribution in [2.24, 2.45) is 0 Å². The van der Waals surface area contributed by atoms with E-state index in [2.05, 4.69) is 24.3 Å². The molecule has 12 nitrogen and oxygen atoms in total. The molecule has 0 fully saturated rings. The second-order valence-corrected chi connectivity index (χ2v) is 8.51. The number of thioether (sulfide) groups is 2. The molecule has 0 aromatic rings. The van der Waals surface area contributed by atoms with Crippen molar-refractivity contribution in [1.29, 1.82) is 0 Å². The number of ether oxygens (including phenoxy) is 5. The minimum atomic E-state index is -1.38. The SMILES string of the molecule is CCOC(=O)[C@H](CSC(=O)OCOC(C)=O)NC(=O)C(C)(C)SC(=O)OCOC(C)=O. The van der Waals surface area contributed by atoms with E-state index >= 15 is 0 Å². The maximum absolute atomic E-state index is 12.6. The van der Waals surface area contributed by atoms with Gasteiger partial charge in [-0.3, -0.25) is 14.4 Å². The Hall–Kier alpha value is -2.48. The third-order valence-corrected chi connectivity index (χ3v) is 4.84. The van der Waals surface area contributed by atoms with E-state index in [4.69, 9.17) is 4.74 Å². The molecule has 0 radical (unpaired) electrons. The highest BCUT2D eigenvalue weighted by atomic mass is 32.2. The molecule has 0 saturated heterocycles. The molecule has 0 saturated carbocycles. The Balaban J connectivity index is 4.85. The maximum atomic E-state index is 12.6. The highest BCUT2D eigenvalue weighted by molar-refractivity contribution is 8.15. The molecule has 0 aromatic heterocycles. The van der Waals surface area contributed by atoms with E-state index in [9.17, 15) is 28.8 Å². The fourth-order valence-electron chi connectivity index (χ4n) is 1.54. The van der Waals surface area contributed by atoms with Gasteiger partial charge < -0.3 is 29.0 Å². The lowest BCUT2D eigenvalue weighted by Gasteiger charge is -2.24. The van der Waals surface area contributed by atoms with Crippen molar-refractivity contribution in [2.45, 2.75) is 45.4 Å². The Bertz CT molecular complexity index is 681. The van der Waals surface area contributed by atoms with Gasteiger partial charge in [0.25, 0.3) is 0 Å². The number of hydrogen-bond donors (Lipinski definition) is 1. The first-order chi connectivity index (χ1) is 14.4. The normalized spacial score (nSPS) is 11.5. The monoisotopic (exact) mass is 483 g/mol. The lowest BCUT2D eigenvalue weighted by molar-refractivity contribution is -0.149. The molecule has 0 aliphatic heterocycles. The first-order valence-corrected chi connectivity index (χ1v) is 10.6. The van der Waals surface area contributed by atoms with Crippen molar-refractivity contribution >= 4 is 57.9 Å². The van der Waals surface area contributed by atoms with Gasteiger partial charge in [0.1, 0.15) is 6.04 Å². The summed E-state index contributed by atoms with van der Waals surface area (Å²) in [6.07, 6.45) is 0. The van der Waals surface area contributed by atoms with Crippen LogP contribution in [0.25, 0.3) is 0 Å². The summed E-state index contributed by atoms with van der Waals surface area (Å²) in [5.74, 6) is -3.03. The molecule has 0 bridgehead atoms. The number of esters is 3. The Morgan fingerprint density at radius 1 is 0.839 bits per heavy atom. The fourth-order valence-corrected chi connectivity index (χ4v) is 2.87. The average Bonchev–Trinajstić information content (AvgIpc) is 2.63. The largest absolute Gasteiger partial charge is 0.464 e. The molecule has 0 heterocycles. The van der Waals surface area contributed by atoms with Crippen LogP contribution in [0.4, 0.5) is 9.59 Å². The van der Waals surface area contributed by atoms with Crippen LogP contribution in [0.2, 0.25) is 0 Å². The van der Waals surface area contributed by atoms with Crippen LogP contribution in [0, 0.1) is 0 Å². The lowest BCUT2D eigenvalue weighted by atomic mass is 10.2. The molecule has 0 rings (SSSR count). The summed E-state index contributed by atoms with van der Waals surface area (Å²) < 4.78 is 21.8. The molecule has 176 valence electrons. The van der Waals surface area contributed by atoms with Crippen molar-refractivity contribution in [3.8, 4) is 0 Å². The lowest BCUT2D eigenvalue weighted by Crippen LogP contribution is -2.50. The summed E-state index contributed by atoms with van der Waals surface area (Å²) in [4.78, 5) is 69.5. The smallest absolute Gasteiger partial charge is 0.371 e. The molecule has 0 aliphatic carbocycles. The van der Waals surface area contributed by atoms with E-state index < -0.39 is 58.8 Å². The number of hydrogen-bond acceptors (Lipinski definition) is 13. The van der Waals surface area contributed by atoms with Gasteiger partial charge in [-0.2, -0.15) is 0 Å².